The Morgan fingerprint density at radius 1 is 1.33 bits per heavy atom. The quantitative estimate of drug-likeness (QED) is 0.845. The van der Waals surface area contributed by atoms with Crippen molar-refractivity contribution >= 4 is 11.3 Å². The SMILES string of the molecule is CNCCCc1nnc(-c2cccc(C)c2F)s1. The van der Waals surface area contributed by atoms with Crippen LogP contribution in [0.2, 0.25) is 0 Å². The molecule has 0 atom stereocenters. The van der Waals surface area contributed by atoms with Gasteiger partial charge in [-0.3, -0.25) is 0 Å². The molecule has 0 unspecified atom stereocenters. The number of aryl methyl sites for hydroxylation is 2. The summed E-state index contributed by atoms with van der Waals surface area (Å²) in [5.74, 6) is -0.199. The monoisotopic (exact) mass is 265 g/mol. The van der Waals surface area contributed by atoms with Gasteiger partial charge in [0, 0.05) is 12.0 Å². The van der Waals surface area contributed by atoms with E-state index in [4.69, 9.17) is 0 Å². The molecule has 5 heteroatoms. The first-order chi connectivity index (χ1) is 8.72. The van der Waals surface area contributed by atoms with Gasteiger partial charge in [0.1, 0.15) is 10.8 Å². The largest absolute Gasteiger partial charge is 0.320 e. The van der Waals surface area contributed by atoms with Gasteiger partial charge in [0.2, 0.25) is 0 Å². The van der Waals surface area contributed by atoms with Crippen molar-refractivity contribution in [1.29, 1.82) is 0 Å². The molecule has 0 amide bonds. The fourth-order valence-electron chi connectivity index (χ4n) is 1.69. The molecule has 0 aliphatic heterocycles. The number of benzene rings is 1. The van der Waals surface area contributed by atoms with E-state index in [2.05, 4.69) is 15.5 Å². The van der Waals surface area contributed by atoms with Gasteiger partial charge >= 0.3 is 0 Å². The Morgan fingerprint density at radius 3 is 2.94 bits per heavy atom. The van der Waals surface area contributed by atoms with Crippen LogP contribution in [0.25, 0.3) is 10.6 Å². The summed E-state index contributed by atoms with van der Waals surface area (Å²) in [7, 11) is 1.92. The molecule has 2 rings (SSSR count). The number of halogens is 1. The van der Waals surface area contributed by atoms with E-state index in [9.17, 15) is 4.39 Å². The summed E-state index contributed by atoms with van der Waals surface area (Å²) in [4.78, 5) is 0. The van der Waals surface area contributed by atoms with Crippen LogP contribution < -0.4 is 5.32 Å². The lowest BCUT2D eigenvalue weighted by atomic mass is 10.1. The minimum absolute atomic E-state index is 0.199. The Morgan fingerprint density at radius 2 is 2.17 bits per heavy atom. The molecular formula is C13H16FN3S. The summed E-state index contributed by atoms with van der Waals surface area (Å²) in [6.07, 6.45) is 1.90. The molecule has 1 aromatic carbocycles. The van der Waals surface area contributed by atoms with E-state index in [0.717, 1.165) is 24.4 Å². The van der Waals surface area contributed by atoms with Crippen molar-refractivity contribution < 1.29 is 4.39 Å². The number of rotatable bonds is 5. The highest BCUT2D eigenvalue weighted by Crippen LogP contribution is 2.27. The van der Waals surface area contributed by atoms with Crippen LogP contribution >= 0.6 is 11.3 Å². The molecule has 1 heterocycles. The number of nitrogens with zero attached hydrogens (tertiary/aromatic N) is 2. The molecule has 0 bridgehead atoms. The number of aromatic nitrogens is 2. The zero-order chi connectivity index (χ0) is 13.0. The van der Waals surface area contributed by atoms with Gasteiger partial charge in [0.25, 0.3) is 0 Å². The van der Waals surface area contributed by atoms with Crippen molar-refractivity contribution in [3.8, 4) is 10.6 Å². The molecule has 0 spiro atoms. The van der Waals surface area contributed by atoms with E-state index in [1.165, 1.54) is 11.3 Å². The molecule has 0 fully saturated rings. The molecule has 0 saturated carbocycles. The third-order valence-electron chi connectivity index (χ3n) is 2.71. The van der Waals surface area contributed by atoms with Gasteiger partial charge in [0.15, 0.2) is 5.01 Å². The molecule has 0 aliphatic carbocycles. The minimum atomic E-state index is -0.199. The summed E-state index contributed by atoms with van der Waals surface area (Å²) >= 11 is 1.47. The summed E-state index contributed by atoms with van der Waals surface area (Å²) in [5, 5.41) is 12.9. The second-order valence-corrected chi connectivity index (χ2v) is 5.21. The van der Waals surface area contributed by atoms with Gasteiger partial charge < -0.3 is 5.32 Å². The smallest absolute Gasteiger partial charge is 0.150 e. The first-order valence-corrected chi connectivity index (χ1v) is 6.76. The van der Waals surface area contributed by atoms with Crippen LogP contribution in [0.4, 0.5) is 4.39 Å². The topological polar surface area (TPSA) is 37.8 Å². The predicted molar refractivity (Wildman–Crippen MR) is 72.3 cm³/mol. The van der Waals surface area contributed by atoms with Gasteiger partial charge in [-0.1, -0.05) is 23.5 Å². The first-order valence-electron chi connectivity index (χ1n) is 5.95. The molecule has 0 radical (unpaired) electrons. The zero-order valence-corrected chi connectivity index (χ0v) is 11.4. The first kappa shape index (κ1) is 13.1. The van der Waals surface area contributed by atoms with Crippen molar-refractivity contribution in [3.63, 3.8) is 0 Å². The fraction of sp³-hybridized carbons (Fsp3) is 0.385. The van der Waals surface area contributed by atoms with Gasteiger partial charge in [-0.25, -0.2) is 4.39 Å². The van der Waals surface area contributed by atoms with Gasteiger partial charge in [-0.15, -0.1) is 10.2 Å². The lowest BCUT2D eigenvalue weighted by Crippen LogP contribution is -2.08. The lowest BCUT2D eigenvalue weighted by Gasteiger charge is -2.00. The Kier molecular flexibility index (Phi) is 4.38. The highest BCUT2D eigenvalue weighted by atomic mass is 32.1. The highest BCUT2D eigenvalue weighted by molar-refractivity contribution is 7.14. The summed E-state index contributed by atoms with van der Waals surface area (Å²) in [5.41, 5.74) is 1.19. The van der Waals surface area contributed by atoms with E-state index in [1.54, 1.807) is 19.1 Å². The van der Waals surface area contributed by atoms with E-state index >= 15 is 0 Å². The number of hydrogen-bond acceptors (Lipinski definition) is 4. The molecule has 18 heavy (non-hydrogen) atoms. The number of nitrogens with one attached hydrogen (secondary N) is 1. The van der Waals surface area contributed by atoms with E-state index in [-0.39, 0.29) is 5.82 Å². The average Bonchev–Trinajstić information content (AvgIpc) is 2.82. The summed E-state index contributed by atoms with van der Waals surface area (Å²) < 4.78 is 13.9. The van der Waals surface area contributed by atoms with Crippen molar-refractivity contribution in [2.24, 2.45) is 0 Å². The fourth-order valence-corrected chi connectivity index (χ4v) is 2.59. The standard InChI is InChI=1S/C13H16FN3S/c1-9-5-3-6-10(12(9)14)13-17-16-11(18-13)7-4-8-15-2/h3,5-6,15H,4,7-8H2,1-2H3. The van der Waals surface area contributed by atoms with Crippen LogP contribution in [0.3, 0.4) is 0 Å². The zero-order valence-electron chi connectivity index (χ0n) is 10.5. The van der Waals surface area contributed by atoms with Gasteiger partial charge in [-0.2, -0.15) is 0 Å². The van der Waals surface area contributed by atoms with Crippen LogP contribution in [0.1, 0.15) is 17.0 Å². The van der Waals surface area contributed by atoms with Crippen molar-refractivity contribution in [2.75, 3.05) is 13.6 Å². The van der Waals surface area contributed by atoms with Crippen LogP contribution in [0.15, 0.2) is 18.2 Å². The maximum absolute atomic E-state index is 13.9. The van der Waals surface area contributed by atoms with Crippen LogP contribution in [0, 0.1) is 12.7 Å². The second kappa shape index (κ2) is 6.02. The Hall–Kier alpha value is -1.33. The molecule has 96 valence electrons. The summed E-state index contributed by atoms with van der Waals surface area (Å²) in [6, 6.07) is 5.35. The molecule has 0 saturated heterocycles. The Labute approximate surface area is 110 Å². The van der Waals surface area contributed by atoms with Crippen molar-refractivity contribution in [2.45, 2.75) is 19.8 Å². The number of hydrogen-bond donors (Lipinski definition) is 1. The Bertz CT molecular complexity index is 525. The van der Waals surface area contributed by atoms with Crippen molar-refractivity contribution in [3.05, 3.63) is 34.6 Å². The molecular weight excluding hydrogens is 249 g/mol. The van der Waals surface area contributed by atoms with E-state index in [1.807, 2.05) is 13.1 Å². The van der Waals surface area contributed by atoms with E-state index < -0.39 is 0 Å². The van der Waals surface area contributed by atoms with E-state index in [0.29, 0.717) is 16.1 Å². The second-order valence-electron chi connectivity index (χ2n) is 4.14. The maximum atomic E-state index is 13.9. The van der Waals surface area contributed by atoms with Crippen molar-refractivity contribution in [1.82, 2.24) is 15.5 Å². The lowest BCUT2D eigenvalue weighted by molar-refractivity contribution is 0.621. The van der Waals surface area contributed by atoms with Crippen LogP contribution in [-0.4, -0.2) is 23.8 Å². The predicted octanol–water partition coefficient (Wildman–Crippen LogP) is 2.80. The normalized spacial score (nSPS) is 10.8. The maximum Gasteiger partial charge on any atom is 0.150 e. The summed E-state index contributed by atoms with van der Waals surface area (Å²) in [6.45, 7) is 2.71. The molecule has 0 aliphatic rings. The Balaban J connectivity index is 2.16. The van der Waals surface area contributed by atoms with Crippen LogP contribution in [0.5, 0.6) is 0 Å². The van der Waals surface area contributed by atoms with Crippen LogP contribution in [-0.2, 0) is 6.42 Å². The molecule has 1 N–H and O–H groups in total. The highest BCUT2D eigenvalue weighted by Gasteiger charge is 2.12. The molecule has 3 nitrogen and oxygen atoms in total. The molecule has 2 aromatic rings. The average molecular weight is 265 g/mol. The molecule has 1 aromatic heterocycles. The third kappa shape index (κ3) is 2.91. The van der Waals surface area contributed by atoms with Gasteiger partial charge in [0.05, 0.1) is 0 Å². The third-order valence-corrected chi connectivity index (χ3v) is 3.72. The van der Waals surface area contributed by atoms with Gasteiger partial charge in [-0.05, 0) is 38.6 Å². The minimum Gasteiger partial charge on any atom is -0.320 e.